The van der Waals surface area contributed by atoms with Gasteiger partial charge >= 0.3 is 0 Å². The van der Waals surface area contributed by atoms with Gasteiger partial charge in [-0.05, 0) is 26.0 Å². The fourth-order valence-corrected chi connectivity index (χ4v) is 1.43. The number of hydrogen-bond donors (Lipinski definition) is 1. The van der Waals surface area contributed by atoms with Crippen LogP contribution in [0.4, 0.5) is 8.78 Å². The van der Waals surface area contributed by atoms with Crippen LogP contribution < -0.4 is 0 Å². The molecule has 0 fully saturated rings. The number of hydrogen-bond acceptors (Lipinski definition) is 3. The fourth-order valence-electron chi connectivity index (χ4n) is 1.43. The van der Waals surface area contributed by atoms with Crippen LogP contribution in [0.1, 0.15) is 19.4 Å². The second-order valence-corrected chi connectivity index (χ2v) is 4.28. The van der Waals surface area contributed by atoms with Crippen molar-refractivity contribution in [1.82, 2.24) is 0 Å². The van der Waals surface area contributed by atoms with Crippen molar-refractivity contribution in [3.05, 3.63) is 29.3 Å². The van der Waals surface area contributed by atoms with Crippen LogP contribution in [0, 0.1) is 11.6 Å². The summed E-state index contributed by atoms with van der Waals surface area (Å²) in [6, 6.07) is 2.18. The van der Waals surface area contributed by atoms with Crippen molar-refractivity contribution in [2.24, 2.45) is 4.99 Å². The summed E-state index contributed by atoms with van der Waals surface area (Å²) in [6.07, 6.45) is 0. The Morgan fingerprint density at radius 3 is 2.62 bits per heavy atom. The standard InChI is InChI=1S/C11H11F2NO2/c1-11(2)5-16-10(14-11)6-3-4-7(12)9(15)8(6)13/h3-4,15H,5H2,1-2H3. The lowest BCUT2D eigenvalue weighted by atomic mass is 10.1. The number of nitrogens with zero attached hydrogens (tertiary/aromatic N) is 1. The topological polar surface area (TPSA) is 41.8 Å². The van der Waals surface area contributed by atoms with Crippen molar-refractivity contribution in [3.63, 3.8) is 0 Å². The molecule has 86 valence electrons. The number of benzene rings is 1. The number of ether oxygens (including phenoxy) is 1. The number of halogens is 2. The number of phenols is 1. The third-order valence-corrected chi connectivity index (χ3v) is 2.26. The van der Waals surface area contributed by atoms with E-state index in [-0.39, 0.29) is 11.5 Å². The minimum atomic E-state index is -1.04. The zero-order valence-electron chi connectivity index (χ0n) is 8.92. The molecule has 2 rings (SSSR count). The molecule has 1 aromatic rings. The third kappa shape index (κ3) is 1.73. The van der Waals surface area contributed by atoms with Gasteiger partial charge in [-0.3, -0.25) is 0 Å². The van der Waals surface area contributed by atoms with Gasteiger partial charge in [-0.15, -0.1) is 0 Å². The Hall–Kier alpha value is -1.65. The molecule has 0 unspecified atom stereocenters. The van der Waals surface area contributed by atoms with Crippen LogP contribution in [0.3, 0.4) is 0 Å². The Kier molecular flexibility index (Phi) is 2.33. The van der Waals surface area contributed by atoms with E-state index in [1.54, 1.807) is 0 Å². The second-order valence-electron chi connectivity index (χ2n) is 4.28. The monoisotopic (exact) mass is 227 g/mol. The normalized spacial score (nSPS) is 18.1. The SMILES string of the molecule is CC1(C)COC(c2ccc(F)c(O)c2F)=N1. The molecular formula is C11H11F2NO2. The van der Waals surface area contributed by atoms with Crippen molar-refractivity contribution in [2.45, 2.75) is 19.4 Å². The van der Waals surface area contributed by atoms with Crippen molar-refractivity contribution < 1.29 is 18.6 Å². The summed E-state index contributed by atoms with van der Waals surface area (Å²) in [5, 5.41) is 9.12. The van der Waals surface area contributed by atoms with Gasteiger partial charge in [0.05, 0.1) is 11.1 Å². The molecule has 1 N–H and O–H groups in total. The summed E-state index contributed by atoms with van der Waals surface area (Å²) in [4.78, 5) is 4.14. The Morgan fingerprint density at radius 2 is 2.06 bits per heavy atom. The summed E-state index contributed by atoms with van der Waals surface area (Å²) < 4.78 is 31.5. The highest BCUT2D eigenvalue weighted by Crippen LogP contribution is 2.27. The average Bonchev–Trinajstić information content (AvgIpc) is 2.55. The van der Waals surface area contributed by atoms with Gasteiger partial charge in [0.25, 0.3) is 0 Å². The molecule has 1 aromatic carbocycles. The minimum absolute atomic E-state index is 0.0236. The van der Waals surface area contributed by atoms with Gasteiger partial charge in [-0.2, -0.15) is 0 Å². The quantitative estimate of drug-likeness (QED) is 0.799. The van der Waals surface area contributed by atoms with E-state index in [1.807, 2.05) is 13.8 Å². The number of aliphatic imine (C=N–C) groups is 1. The molecular weight excluding hydrogens is 216 g/mol. The summed E-state index contributed by atoms with van der Waals surface area (Å²) in [5.41, 5.74) is -0.448. The lowest BCUT2D eigenvalue weighted by Crippen LogP contribution is -2.17. The molecule has 1 aliphatic heterocycles. The average molecular weight is 227 g/mol. The maximum absolute atomic E-state index is 13.5. The van der Waals surface area contributed by atoms with Crippen LogP contribution >= 0.6 is 0 Å². The van der Waals surface area contributed by atoms with Crippen LogP contribution in [-0.2, 0) is 4.74 Å². The first kappa shape index (κ1) is 10.9. The zero-order chi connectivity index (χ0) is 11.9. The first-order valence-corrected chi connectivity index (χ1v) is 4.81. The highest BCUT2D eigenvalue weighted by molar-refractivity contribution is 5.96. The summed E-state index contributed by atoms with van der Waals surface area (Å²) in [6.45, 7) is 4.00. The zero-order valence-corrected chi connectivity index (χ0v) is 8.92. The predicted molar refractivity (Wildman–Crippen MR) is 54.6 cm³/mol. The van der Waals surface area contributed by atoms with Crippen molar-refractivity contribution in [3.8, 4) is 5.75 Å². The van der Waals surface area contributed by atoms with Crippen LogP contribution in [0.25, 0.3) is 0 Å². The van der Waals surface area contributed by atoms with Gasteiger partial charge < -0.3 is 9.84 Å². The van der Waals surface area contributed by atoms with Gasteiger partial charge in [0.15, 0.2) is 17.4 Å². The van der Waals surface area contributed by atoms with E-state index in [9.17, 15) is 8.78 Å². The highest BCUT2D eigenvalue weighted by atomic mass is 19.1. The molecule has 0 radical (unpaired) electrons. The van der Waals surface area contributed by atoms with Gasteiger partial charge in [0.2, 0.25) is 5.90 Å². The minimum Gasteiger partial charge on any atom is -0.503 e. The number of aromatic hydroxyl groups is 1. The molecule has 0 saturated carbocycles. The molecule has 5 heteroatoms. The van der Waals surface area contributed by atoms with E-state index in [0.717, 1.165) is 6.07 Å². The highest BCUT2D eigenvalue weighted by Gasteiger charge is 2.29. The summed E-state index contributed by atoms with van der Waals surface area (Å²) in [7, 11) is 0. The second kappa shape index (κ2) is 3.43. The number of rotatable bonds is 1. The smallest absolute Gasteiger partial charge is 0.219 e. The van der Waals surface area contributed by atoms with Crippen LogP contribution in [-0.4, -0.2) is 23.2 Å². The van der Waals surface area contributed by atoms with Crippen LogP contribution in [0.15, 0.2) is 17.1 Å². The van der Waals surface area contributed by atoms with Gasteiger partial charge in [-0.1, -0.05) is 0 Å². The Morgan fingerprint density at radius 1 is 1.38 bits per heavy atom. The Bertz CT molecular complexity index is 469. The fraction of sp³-hybridized carbons (Fsp3) is 0.364. The van der Waals surface area contributed by atoms with Gasteiger partial charge in [0, 0.05) is 0 Å². The molecule has 0 amide bonds. The van der Waals surface area contributed by atoms with E-state index >= 15 is 0 Å². The molecule has 0 aromatic heterocycles. The maximum atomic E-state index is 13.5. The molecule has 0 atom stereocenters. The lowest BCUT2D eigenvalue weighted by Gasteiger charge is -2.07. The van der Waals surface area contributed by atoms with Crippen LogP contribution in [0.5, 0.6) is 5.75 Å². The molecule has 0 bridgehead atoms. The van der Waals surface area contributed by atoms with Crippen LogP contribution in [0.2, 0.25) is 0 Å². The third-order valence-electron chi connectivity index (χ3n) is 2.26. The summed E-state index contributed by atoms with van der Waals surface area (Å²) in [5.74, 6) is -2.96. The van der Waals surface area contributed by atoms with Gasteiger partial charge in [0.1, 0.15) is 6.61 Å². The Labute approximate surface area is 91.4 Å². The molecule has 0 aliphatic carbocycles. The molecule has 16 heavy (non-hydrogen) atoms. The van der Waals surface area contributed by atoms with Crippen molar-refractivity contribution >= 4 is 5.90 Å². The van der Waals surface area contributed by atoms with Gasteiger partial charge in [-0.25, -0.2) is 13.8 Å². The van der Waals surface area contributed by atoms with E-state index in [0.29, 0.717) is 6.61 Å². The first-order valence-electron chi connectivity index (χ1n) is 4.81. The van der Waals surface area contributed by atoms with E-state index in [1.165, 1.54) is 6.07 Å². The largest absolute Gasteiger partial charge is 0.503 e. The van der Waals surface area contributed by atoms with Crippen molar-refractivity contribution in [2.75, 3.05) is 6.61 Å². The molecule has 0 spiro atoms. The Balaban J connectivity index is 2.47. The van der Waals surface area contributed by atoms with Crippen molar-refractivity contribution in [1.29, 1.82) is 0 Å². The molecule has 3 nitrogen and oxygen atoms in total. The molecule has 0 saturated heterocycles. The van der Waals surface area contributed by atoms with E-state index < -0.39 is 22.9 Å². The molecule has 1 aliphatic rings. The molecule has 1 heterocycles. The maximum Gasteiger partial charge on any atom is 0.219 e. The lowest BCUT2D eigenvalue weighted by molar-refractivity contribution is 0.278. The first-order chi connectivity index (χ1) is 7.41. The number of phenolic OH excluding ortho intramolecular Hbond substituents is 1. The predicted octanol–water partition coefficient (Wildman–Crippen LogP) is 2.23. The summed E-state index contributed by atoms with van der Waals surface area (Å²) >= 11 is 0. The van der Waals surface area contributed by atoms with E-state index in [2.05, 4.69) is 4.99 Å². The van der Waals surface area contributed by atoms with E-state index in [4.69, 9.17) is 9.84 Å².